The van der Waals surface area contributed by atoms with Crippen LogP contribution in [0.4, 0.5) is 4.39 Å². The van der Waals surface area contributed by atoms with Gasteiger partial charge >= 0.3 is 0 Å². The molecule has 0 saturated carbocycles. The van der Waals surface area contributed by atoms with Crippen molar-refractivity contribution in [2.45, 2.75) is 39.7 Å². The topological polar surface area (TPSA) is 56.6 Å². The molecule has 1 rings (SSSR count). The summed E-state index contributed by atoms with van der Waals surface area (Å²) in [4.78, 5) is 4.48. The molecule has 1 aromatic rings. The van der Waals surface area contributed by atoms with Gasteiger partial charge in [0.1, 0.15) is 5.82 Å². The van der Waals surface area contributed by atoms with Crippen LogP contribution in [0.15, 0.2) is 29.3 Å². The molecule has 6 heteroatoms. The summed E-state index contributed by atoms with van der Waals surface area (Å²) in [5.41, 5.74) is 0.845. The van der Waals surface area contributed by atoms with E-state index in [9.17, 15) is 4.39 Å². The van der Waals surface area contributed by atoms with Gasteiger partial charge in [-0.1, -0.05) is 25.5 Å². The Balaban J connectivity index is 0.00000484. The van der Waals surface area contributed by atoms with E-state index in [-0.39, 0.29) is 36.4 Å². The Morgan fingerprint density at radius 3 is 2.65 bits per heavy atom. The maximum absolute atomic E-state index is 13.2. The van der Waals surface area contributed by atoms with E-state index in [1.165, 1.54) is 12.1 Å². The highest BCUT2D eigenvalue weighted by atomic mass is 127. The van der Waals surface area contributed by atoms with Gasteiger partial charge in [-0.2, -0.15) is 0 Å². The molecule has 0 aliphatic rings. The predicted molar refractivity (Wildman–Crippen MR) is 105 cm³/mol. The summed E-state index contributed by atoms with van der Waals surface area (Å²) in [7, 11) is 0. The zero-order valence-corrected chi connectivity index (χ0v) is 16.3. The van der Waals surface area contributed by atoms with Crippen LogP contribution in [0.1, 0.15) is 38.7 Å². The second kappa shape index (κ2) is 13.5. The molecule has 132 valence electrons. The van der Waals surface area contributed by atoms with E-state index >= 15 is 0 Å². The number of benzene rings is 1. The first-order valence-electron chi connectivity index (χ1n) is 8.07. The SMILES string of the molecule is CCCC(CCO)CNC(=NCc1cccc(F)c1)NCC.I. The molecule has 3 N–H and O–H groups in total. The average Bonchev–Trinajstić information content (AvgIpc) is 2.50. The van der Waals surface area contributed by atoms with Crippen LogP contribution in [-0.2, 0) is 6.54 Å². The Morgan fingerprint density at radius 1 is 1.26 bits per heavy atom. The molecule has 0 radical (unpaired) electrons. The average molecular weight is 437 g/mol. The Morgan fingerprint density at radius 2 is 2.04 bits per heavy atom. The zero-order valence-electron chi connectivity index (χ0n) is 14.0. The standard InChI is InChI=1S/C17H28FN3O.HI/c1-3-6-14(9-10-22)12-20-17(19-4-2)21-13-15-7-5-8-16(18)11-15;/h5,7-8,11,14,22H,3-4,6,9-10,12-13H2,1-2H3,(H2,19,20,21);1H. The van der Waals surface area contributed by atoms with Crippen LogP contribution in [-0.4, -0.2) is 30.8 Å². The Hall–Kier alpha value is -0.890. The lowest BCUT2D eigenvalue weighted by molar-refractivity contribution is 0.251. The zero-order chi connectivity index (χ0) is 16.2. The van der Waals surface area contributed by atoms with E-state index in [2.05, 4.69) is 22.5 Å². The lowest BCUT2D eigenvalue weighted by Gasteiger charge is -2.18. The summed E-state index contributed by atoms with van der Waals surface area (Å²) in [5, 5.41) is 15.6. The van der Waals surface area contributed by atoms with Crippen molar-refractivity contribution in [2.75, 3.05) is 19.7 Å². The van der Waals surface area contributed by atoms with Gasteiger partial charge in [0.05, 0.1) is 6.54 Å². The molecule has 1 unspecified atom stereocenters. The largest absolute Gasteiger partial charge is 0.396 e. The van der Waals surface area contributed by atoms with Gasteiger partial charge in [0, 0.05) is 19.7 Å². The van der Waals surface area contributed by atoms with Crippen LogP contribution < -0.4 is 10.6 Å². The van der Waals surface area contributed by atoms with Gasteiger partial charge in [0.25, 0.3) is 0 Å². The molecule has 0 spiro atoms. The van der Waals surface area contributed by atoms with E-state index in [1.807, 2.05) is 13.0 Å². The van der Waals surface area contributed by atoms with Crippen LogP contribution in [0.3, 0.4) is 0 Å². The first-order valence-corrected chi connectivity index (χ1v) is 8.07. The van der Waals surface area contributed by atoms with E-state index in [0.717, 1.165) is 43.9 Å². The monoisotopic (exact) mass is 437 g/mol. The number of nitrogens with one attached hydrogen (secondary N) is 2. The number of guanidine groups is 1. The first-order chi connectivity index (χ1) is 10.7. The minimum Gasteiger partial charge on any atom is -0.396 e. The number of aliphatic hydroxyl groups is 1. The summed E-state index contributed by atoms with van der Waals surface area (Å²) in [6.45, 7) is 6.36. The molecule has 0 aromatic heterocycles. The molecular formula is C17H29FIN3O. The van der Waals surface area contributed by atoms with Crippen molar-refractivity contribution in [2.24, 2.45) is 10.9 Å². The molecule has 1 atom stereocenters. The number of aliphatic imine (C=N–C) groups is 1. The predicted octanol–water partition coefficient (Wildman–Crippen LogP) is 3.30. The Bertz CT molecular complexity index is 451. The Kier molecular flexibility index (Phi) is 13.0. The van der Waals surface area contributed by atoms with E-state index < -0.39 is 0 Å². The summed E-state index contributed by atoms with van der Waals surface area (Å²) < 4.78 is 13.2. The van der Waals surface area contributed by atoms with E-state index in [4.69, 9.17) is 5.11 Å². The number of hydrogen-bond acceptors (Lipinski definition) is 2. The van der Waals surface area contributed by atoms with Gasteiger partial charge in [-0.25, -0.2) is 9.38 Å². The number of aliphatic hydroxyl groups excluding tert-OH is 1. The van der Waals surface area contributed by atoms with Crippen LogP contribution in [0, 0.1) is 11.7 Å². The molecule has 0 fully saturated rings. The third kappa shape index (κ3) is 9.76. The molecular weight excluding hydrogens is 408 g/mol. The number of hydrogen-bond donors (Lipinski definition) is 3. The maximum atomic E-state index is 13.2. The summed E-state index contributed by atoms with van der Waals surface area (Å²) in [5.74, 6) is 0.926. The Labute approximate surface area is 156 Å². The number of nitrogens with zero attached hydrogens (tertiary/aromatic N) is 1. The van der Waals surface area contributed by atoms with Gasteiger partial charge in [0.2, 0.25) is 0 Å². The smallest absolute Gasteiger partial charge is 0.191 e. The molecule has 0 aliphatic carbocycles. The van der Waals surface area contributed by atoms with E-state index in [0.29, 0.717) is 12.5 Å². The fourth-order valence-corrected chi connectivity index (χ4v) is 2.33. The molecule has 0 saturated heterocycles. The van der Waals surface area contributed by atoms with Gasteiger partial charge in [-0.15, -0.1) is 24.0 Å². The molecule has 0 bridgehead atoms. The summed E-state index contributed by atoms with van der Waals surface area (Å²) in [6, 6.07) is 6.49. The van der Waals surface area contributed by atoms with Crippen molar-refractivity contribution in [1.82, 2.24) is 10.6 Å². The fourth-order valence-electron chi connectivity index (χ4n) is 2.33. The van der Waals surface area contributed by atoms with Crippen LogP contribution >= 0.6 is 24.0 Å². The normalized spacial score (nSPS) is 12.4. The first kappa shape index (κ1) is 22.1. The van der Waals surface area contributed by atoms with Gasteiger partial charge in [-0.3, -0.25) is 0 Å². The second-order valence-electron chi connectivity index (χ2n) is 5.37. The van der Waals surface area contributed by atoms with Crippen molar-refractivity contribution >= 4 is 29.9 Å². The quantitative estimate of drug-likeness (QED) is 0.316. The molecule has 1 aromatic carbocycles. The molecule has 0 heterocycles. The fraction of sp³-hybridized carbons (Fsp3) is 0.588. The summed E-state index contributed by atoms with van der Waals surface area (Å²) in [6.07, 6.45) is 2.98. The highest BCUT2D eigenvalue weighted by molar-refractivity contribution is 14.0. The lowest BCUT2D eigenvalue weighted by atomic mass is 10.0. The minimum absolute atomic E-state index is 0. The van der Waals surface area contributed by atoms with Gasteiger partial charge in [0.15, 0.2) is 5.96 Å². The van der Waals surface area contributed by atoms with Crippen LogP contribution in [0.25, 0.3) is 0 Å². The molecule has 23 heavy (non-hydrogen) atoms. The van der Waals surface area contributed by atoms with Crippen LogP contribution in [0.2, 0.25) is 0 Å². The highest BCUT2D eigenvalue weighted by Crippen LogP contribution is 2.09. The highest BCUT2D eigenvalue weighted by Gasteiger charge is 2.08. The van der Waals surface area contributed by atoms with Crippen LogP contribution in [0.5, 0.6) is 0 Å². The molecule has 0 aliphatic heterocycles. The van der Waals surface area contributed by atoms with Crippen molar-refractivity contribution in [1.29, 1.82) is 0 Å². The molecule has 0 amide bonds. The van der Waals surface area contributed by atoms with Crippen molar-refractivity contribution in [3.05, 3.63) is 35.6 Å². The van der Waals surface area contributed by atoms with Crippen molar-refractivity contribution in [3.63, 3.8) is 0 Å². The van der Waals surface area contributed by atoms with E-state index in [1.54, 1.807) is 6.07 Å². The summed E-state index contributed by atoms with van der Waals surface area (Å²) >= 11 is 0. The minimum atomic E-state index is -0.239. The maximum Gasteiger partial charge on any atom is 0.191 e. The lowest BCUT2D eigenvalue weighted by Crippen LogP contribution is -2.40. The molecule has 4 nitrogen and oxygen atoms in total. The number of halogens is 2. The third-order valence-electron chi connectivity index (χ3n) is 3.45. The third-order valence-corrected chi connectivity index (χ3v) is 3.45. The van der Waals surface area contributed by atoms with Gasteiger partial charge in [-0.05, 0) is 43.4 Å². The van der Waals surface area contributed by atoms with Crippen molar-refractivity contribution in [3.8, 4) is 0 Å². The number of rotatable bonds is 9. The second-order valence-corrected chi connectivity index (χ2v) is 5.37. The van der Waals surface area contributed by atoms with Crippen molar-refractivity contribution < 1.29 is 9.50 Å². The van der Waals surface area contributed by atoms with Gasteiger partial charge < -0.3 is 15.7 Å².